The lowest BCUT2D eigenvalue weighted by atomic mass is 10.1. The average molecular weight is 459 g/mol. The summed E-state index contributed by atoms with van der Waals surface area (Å²) in [7, 11) is 0. The molecule has 1 aliphatic rings. The van der Waals surface area contributed by atoms with E-state index in [1.165, 1.54) is 22.8 Å². The van der Waals surface area contributed by atoms with Crippen LogP contribution in [0.5, 0.6) is 0 Å². The van der Waals surface area contributed by atoms with Gasteiger partial charge in [0, 0.05) is 18.7 Å². The number of fused-ring (bicyclic) bond motifs is 1. The number of nitrogens with zero attached hydrogens (tertiary/aromatic N) is 7. The fourth-order valence-electron chi connectivity index (χ4n) is 3.89. The number of carbonyl (C=O) groups excluding carboxylic acids is 1. The number of benzene rings is 1. The summed E-state index contributed by atoms with van der Waals surface area (Å²) in [6.07, 6.45) is 2.81. The summed E-state index contributed by atoms with van der Waals surface area (Å²) in [6.45, 7) is 6.41. The fourth-order valence-corrected chi connectivity index (χ4v) is 3.89. The molecule has 0 radical (unpaired) electrons. The van der Waals surface area contributed by atoms with E-state index in [0.717, 1.165) is 5.56 Å². The van der Waals surface area contributed by atoms with Crippen LogP contribution in [0.4, 0.5) is 9.18 Å². The molecule has 0 bridgehead atoms. The lowest BCUT2D eigenvalue weighted by Crippen LogP contribution is -2.52. The van der Waals surface area contributed by atoms with Crippen LogP contribution in [-0.2, 0) is 4.74 Å². The molecule has 0 aliphatic carbocycles. The molecule has 0 unspecified atom stereocenters. The molecule has 1 fully saturated rings. The lowest BCUT2D eigenvalue weighted by molar-refractivity contribution is 0.00123. The van der Waals surface area contributed by atoms with Crippen molar-refractivity contribution in [3.8, 4) is 28.7 Å². The van der Waals surface area contributed by atoms with E-state index >= 15 is 0 Å². The number of hydrogen-bond donors (Lipinski definition) is 0. The molecule has 0 atom stereocenters. The van der Waals surface area contributed by atoms with Crippen LogP contribution < -0.4 is 0 Å². The number of likely N-dealkylation sites (tertiary alicyclic amines) is 1. The number of carbonyl (C=O) groups is 1. The third kappa shape index (κ3) is 3.85. The van der Waals surface area contributed by atoms with Gasteiger partial charge in [0.25, 0.3) is 0 Å². The molecule has 172 valence electrons. The van der Waals surface area contributed by atoms with Crippen molar-refractivity contribution in [3.63, 3.8) is 0 Å². The normalized spacial score (nSPS) is 14.1. The first-order valence-corrected chi connectivity index (χ1v) is 10.8. The van der Waals surface area contributed by atoms with Gasteiger partial charge in [-0.05, 0) is 57.2 Å². The van der Waals surface area contributed by atoms with E-state index in [4.69, 9.17) is 4.74 Å². The highest BCUT2D eigenvalue weighted by atomic mass is 19.1. The molecule has 9 nitrogen and oxygen atoms in total. The fraction of sp³-hybridized carbons (Fsp3) is 0.292. The second kappa shape index (κ2) is 7.95. The maximum atomic E-state index is 13.6. The Hall–Kier alpha value is -4.26. The van der Waals surface area contributed by atoms with Gasteiger partial charge in [-0.2, -0.15) is 10.4 Å². The Bertz CT molecular complexity index is 1420. The molecule has 4 aromatic rings. The number of nitriles is 1. The minimum absolute atomic E-state index is 0.0417. The summed E-state index contributed by atoms with van der Waals surface area (Å²) >= 11 is 0. The maximum absolute atomic E-state index is 13.6. The number of hydrogen-bond acceptors (Lipinski definition) is 6. The zero-order valence-electron chi connectivity index (χ0n) is 18.9. The van der Waals surface area contributed by atoms with Crippen molar-refractivity contribution < 1.29 is 13.9 Å². The van der Waals surface area contributed by atoms with Gasteiger partial charge in [0.05, 0.1) is 30.0 Å². The molecule has 10 heteroatoms. The second-order valence-corrected chi connectivity index (χ2v) is 9.14. The maximum Gasteiger partial charge on any atom is 0.410 e. The highest BCUT2D eigenvalue weighted by Gasteiger charge is 2.36. The zero-order chi connectivity index (χ0) is 24.0. The molecule has 5 rings (SSSR count). The Morgan fingerprint density at radius 1 is 1.15 bits per heavy atom. The van der Waals surface area contributed by atoms with E-state index in [9.17, 15) is 14.4 Å². The highest BCUT2D eigenvalue weighted by Crippen LogP contribution is 2.35. The first kappa shape index (κ1) is 21.6. The zero-order valence-corrected chi connectivity index (χ0v) is 18.9. The Labute approximate surface area is 195 Å². The summed E-state index contributed by atoms with van der Waals surface area (Å²) in [5.41, 5.74) is 2.93. The summed E-state index contributed by atoms with van der Waals surface area (Å²) < 4.78 is 22.5. The van der Waals surface area contributed by atoms with Crippen LogP contribution in [-0.4, -0.2) is 53.8 Å². The first-order chi connectivity index (χ1) is 16.2. The van der Waals surface area contributed by atoms with Gasteiger partial charge in [0.1, 0.15) is 23.2 Å². The summed E-state index contributed by atoms with van der Waals surface area (Å²) in [4.78, 5) is 22.9. The van der Waals surface area contributed by atoms with Gasteiger partial charge in [0.15, 0.2) is 11.3 Å². The van der Waals surface area contributed by atoms with Crippen LogP contribution in [0.1, 0.15) is 32.5 Å². The van der Waals surface area contributed by atoms with E-state index in [0.29, 0.717) is 41.5 Å². The molecule has 0 spiro atoms. The van der Waals surface area contributed by atoms with Crippen molar-refractivity contribution in [3.05, 3.63) is 60.4 Å². The van der Waals surface area contributed by atoms with Crippen molar-refractivity contribution in [1.29, 1.82) is 5.26 Å². The topological polar surface area (TPSA) is 101 Å². The third-order valence-corrected chi connectivity index (χ3v) is 5.54. The van der Waals surface area contributed by atoms with Crippen LogP contribution in [0.2, 0.25) is 0 Å². The van der Waals surface area contributed by atoms with Crippen LogP contribution in [0.3, 0.4) is 0 Å². The molecule has 1 aliphatic heterocycles. The van der Waals surface area contributed by atoms with Crippen molar-refractivity contribution in [2.45, 2.75) is 32.4 Å². The van der Waals surface area contributed by atoms with Crippen molar-refractivity contribution in [2.75, 3.05) is 13.1 Å². The molecule has 4 heterocycles. The van der Waals surface area contributed by atoms with Gasteiger partial charge in [0.2, 0.25) is 0 Å². The summed E-state index contributed by atoms with van der Waals surface area (Å²) in [5, 5.41) is 14.1. The Morgan fingerprint density at radius 2 is 1.88 bits per heavy atom. The second-order valence-electron chi connectivity index (χ2n) is 9.14. The van der Waals surface area contributed by atoms with Crippen LogP contribution in [0.15, 0.2) is 48.9 Å². The third-order valence-electron chi connectivity index (χ3n) is 5.54. The average Bonchev–Trinajstić information content (AvgIpc) is 3.35. The monoisotopic (exact) mass is 459 g/mol. The molecular weight excluding hydrogens is 437 g/mol. The molecule has 0 N–H and O–H groups in total. The molecule has 1 saturated heterocycles. The van der Waals surface area contributed by atoms with E-state index in [1.54, 1.807) is 29.4 Å². The largest absolute Gasteiger partial charge is 0.444 e. The minimum atomic E-state index is -0.569. The number of amides is 1. The number of rotatable bonds is 3. The Morgan fingerprint density at radius 3 is 2.56 bits per heavy atom. The predicted molar refractivity (Wildman–Crippen MR) is 121 cm³/mol. The van der Waals surface area contributed by atoms with Crippen molar-refractivity contribution in [2.24, 2.45) is 0 Å². The summed E-state index contributed by atoms with van der Waals surface area (Å²) in [5.74, 6) is -0.339. The quantitative estimate of drug-likeness (QED) is 0.458. The smallest absolute Gasteiger partial charge is 0.410 e. The standard InChI is InChI=1S/C24H22FN7O2/c1-24(2,3)34-23(33)30-12-18(13-30)31-14-28-21(15-4-6-16(25)7-5-15)22(31)19-8-9-20-27-11-17(10-26)32(20)29-19/h4-9,11,14,18H,12-13H2,1-3H3. The number of aromatic nitrogens is 5. The molecule has 3 aromatic heterocycles. The highest BCUT2D eigenvalue weighted by molar-refractivity contribution is 5.77. The Balaban J connectivity index is 1.54. The number of ether oxygens (including phenoxy) is 1. The predicted octanol–water partition coefficient (Wildman–Crippen LogP) is 4.06. The van der Waals surface area contributed by atoms with Gasteiger partial charge in [-0.1, -0.05) is 0 Å². The van der Waals surface area contributed by atoms with Gasteiger partial charge in [-0.25, -0.2) is 23.7 Å². The van der Waals surface area contributed by atoms with Crippen LogP contribution in [0, 0.1) is 17.1 Å². The van der Waals surface area contributed by atoms with Gasteiger partial charge in [-0.3, -0.25) is 0 Å². The summed E-state index contributed by atoms with van der Waals surface area (Å²) in [6, 6.07) is 11.7. The SMILES string of the molecule is CC(C)(C)OC(=O)N1CC(n2cnc(-c3ccc(F)cc3)c2-c2ccc3ncc(C#N)n3n2)C1. The first-order valence-electron chi connectivity index (χ1n) is 10.8. The number of halogens is 1. The molecular formula is C24H22FN7O2. The molecule has 1 aromatic carbocycles. The van der Waals surface area contributed by atoms with Crippen LogP contribution >= 0.6 is 0 Å². The minimum Gasteiger partial charge on any atom is -0.444 e. The van der Waals surface area contributed by atoms with Crippen molar-refractivity contribution in [1.82, 2.24) is 29.0 Å². The van der Waals surface area contributed by atoms with E-state index < -0.39 is 5.60 Å². The lowest BCUT2D eigenvalue weighted by Gasteiger charge is -2.40. The Kier molecular flexibility index (Phi) is 5.05. The molecule has 1 amide bonds. The van der Waals surface area contributed by atoms with Crippen molar-refractivity contribution >= 4 is 11.7 Å². The van der Waals surface area contributed by atoms with Gasteiger partial charge in [-0.15, -0.1) is 0 Å². The van der Waals surface area contributed by atoms with Crippen LogP contribution in [0.25, 0.3) is 28.3 Å². The molecule has 0 saturated carbocycles. The van der Waals surface area contributed by atoms with E-state index in [1.807, 2.05) is 31.4 Å². The van der Waals surface area contributed by atoms with E-state index in [2.05, 4.69) is 21.1 Å². The number of imidazole rings is 2. The van der Waals surface area contributed by atoms with Gasteiger partial charge >= 0.3 is 6.09 Å². The molecule has 34 heavy (non-hydrogen) atoms. The van der Waals surface area contributed by atoms with Gasteiger partial charge < -0.3 is 14.2 Å². The van der Waals surface area contributed by atoms with E-state index in [-0.39, 0.29) is 18.0 Å².